The monoisotopic (exact) mass is 740 g/mol. The minimum Gasteiger partial charge on any atom is -0.496 e. The zero-order chi connectivity index (χ0) is 39.1. The third kappa shape index (κ3) is 7.32. The maximum atomic E-state index is 14.2. The maximum Gasteiger partial charge on any atom is 0.251 e. The first kappa shape index (κ1) is 39.2. The lowest BCUT2D eigenvalue weighted by atomic mass is 9.45. The van der Waals surface area contributed by atoms with E-state index in [1.807, 2.05) is 55.4 Å². The fourth-order valence-corrected chi connectivity index (χ4v) is 9.10. The second-order valence-corrected chi connectivity index (χ2v) is 16.0. The van der Waals surface area contributed by atoms with Gasteiger partial charge in [0.25, 0.3) is 5.91 Å². The van der Waals surface area contributed by atoms with E-state index in [9.17, 15) is 19.8 Å². The molecule has 2 bridgehead atoms. The fraction of sp³-hybridized carbons (Fsp3) is 0.500. The average Bonchev–Trinajstić information content (AvgIpc) is 3.74. The molecule has 12 heteroatoms. The van der Waals surface area contributed by atoms with Crippen LogP contribution in [0.25, 0.3) is 23.3 Å². The Bertz CT molecular complexity index is 1860. The number of aliphatic hydroxyl groups excluding tert-OH is 2. The number of aliphatic hydroxyl groups is 2. The molecule has 1 aliphatic heterocycles. The van der Waals surface area contributed by atoms with Gasteiger partial charge in [0.1, 0.15) is 23.7 Å². The average molecular weight is 741 g/mol. The summed E-state index contributed by atoms with van der Waals surface area (Å²) < 4.78 is 6.05. The fourth-order valence-electron chi connectivity index (χ4n) is 9.10. The molecule has 0 radical (unpaired) electrons. The van der Waals surface area contributed by atoms with Gasteiger partial charge in [-0.3, -0.25) is 14.4 Å². The van der Waals surface area contributed by atoms with Crippen molar-refractivity contribution >= 4 is 29.7 Å². The predicted molar refractivity (Wildman–Crippen MR) is 210 cm³/mol. The summed E-state index contributed by atoms with van der Waals surface area (Å²) in [5, 5.41) is 29.2. The first-order valence-corrected chi connectivity index (χ1v) is 18.9. The number of nitrogens with zero attached hydrogens (tertiary/aromatic N) is 3. The molecule has 1 aromatic heterocycles. The number of hydrogen-bond acceptors (Lipinski definition) is 9. The number of hydrogen-bond donors (Lipinski definition) is 5. The minimum atomic E-state index is -0.911. The highest BCUT2D eigenvalue weighted by atomic mass is 16.7. The Morgan fingerprint density at radius 3 is 2.56 bits per heavy atom. The van der Waals surface area contributed by atoms with Gasteiger partial charge < -0.3 is 35.5 Å². The number of amides is 2. The van der Waals surface area contributed by atoms with Crippen molar-refractivity contribution in [3.63, 3.8) is 0 Å². The van der Waals surface area contributed by atoms with E-state index in [0.29, 0.717) is 40.6 Å². The zero-order valence-corrected chi connectivity index (χ0v) is 32.6. The van der Waals surface area contributed by atoms with Crippen molar-refractivity contribution < 1.29 is 29.4 Å². The summed E-state index contributed by atoms with van der Waals surface area (Å²) >= 11 is 0. The highest BCUT2D eigenvalue weighted by Crippen LogP contribution is 2.61. The molecule has 3 aliphatic carbocycles. The minimum absolute atomic E-state index is 0.0282. The number of carbonyl (C=O) groups is 2. The molecule has 2 amide bonds. The maximum absolute atomic E-state index is 14.2. The summed E-state index contributed by atoms with van der Waals surface area (Å²) in [7, 11) is 5.41. The van der Waals surface area contributed by atoms with Crippen LogP contribution in [-0.4, -0.2) is 89.2 Å². The van der Waals surface area contributed by atoms with Crippen molar-refractivity contribution in [2.45, 2.75) is 77.9 Å². The molecule has 5 N–H and O–H groups in total. The number of hydroxylamine groups is 2. The van der Waals surface area contributed by atoms with E-state index < -0.39 is 24.2 Å². The third-order valence-corrected chi connectivity index (χ3v) is 12.3. The summed E-state index contributed by atoms with van der Waals surface area (Å²) in [6.07, 6.45) is 3.73. The van der Waals surface area contributed by atoms with Gasteiger partial charge in [0.05, 0.1) is 44.3 Å². The second kappa shape index (κ2) is 15.7. The van der Waals surface area contributed by atoms with Crippen LogP contribution in [0.3, 0.4) is 0 Å². The van der Waals surface area contributed by atoms with Crippen LogP contribution in [0, 0.1) is 29.1 Å². The van der Waals surface area contributed by atoms with E-state index in [1.165, 1.54) is 6.42 Å². The number of imidazole rings is 1. The van der Waals surface area contributed by atoms with Gasteiger partial charge in [-0.25, -0.2) is 4.98 Å². The van der Waals surface area contributed by atoms with E-state index in [0.717, 1.165) is 34.5 Å². The third-order valence-electron chi connectivity index (χ3n) is 12.3. The molecule has 1 saturated heterocycles. The Labute approximate surface area is 318 Å². The van der Waals surface area contributed by atoms with Crippen LogP contribution >= 0.6 is 0 Å². The molecule has 2 heterocycles. The van der Waals surface area contributed by atoms with E-state index in [-0.39, 0.29) is 43.0 Å². The molecule has 12 nitrogen and oxygen atoms in total. The van der Waals surface area contributed by atoms with Gasteiger partial charge in [-0.1, -0.05) is 52.1 Å². The molecule has 4 fully saturated rings. The number of carbonyl (C=O) groups excluding carboxylic acids is 2. The van der Waals surface area contributed by atoms with Gasteiger partial charge in [0.2, 0.25) is 5.91 Å². The van der Waals surface area contributed by atoms with Gasteiger partial charge in [-0.15, -0.1) is 0 Å². The van der Waals surface area contributed by atoms with E-state index >= 15 is 0 Å². The largest absolute Gasteiger partial charge is 0.496 e. The van der Waals surface area contributed by atoms with E-state index in [1.54, 1.807) is 31.2 Å². The van der Waals surface area contributed by atoms with E-state index in [4.69, 9.17) is 9.57 Å². The number of ether oxygens (including phenoxy) is 1. The molecule has 4 aliphatic rings. The highest BCUT2D eigenvalue weighted by molar-refractivity contribution is 5.97. The summed E-state index contributed by atoms with van der Waals surface area (Å²) in [4.78, 5) is 43.6. The standard InChI is InChI=1S/C42H56N6O6/c1-10-32-33(11-2)45-36(44-32)20-43-40(51)27-15-26(16-29(17-27)47(7)8)30-14-12-13-25(39(30)53-9)21-48-38(37(24(4)50)35(22-49)54-48)41(52)46-34-19-28-18-31(23(34)3)42(28,5)6/h10-17,23-24,28,31,34-35,37-38,49-50H,1-2,18-22H2,3-9H3,(H,43,51)(H,44,45)(H,46,52)/t23-,24-,28+,31-,34-,35-,37-,38-/m0/s1. The molecule has 0 unspecified atom stereocenters. The topological polar surface area (TPSA) is 152 Å². The number of aromatic nitrogens is 2. The molecule has 7 rings (SSSR count). The van der Waals surface area contributed by atoms with Crippen molar-refractivity contribution in [1.82, 2.24) is 25.7 Å². The number of para-hydroxylation sites is 1. The number of rotatable bonds is 14. The first-order chi connectivity index (χ1) is 25.7. The molecule has 3 aromatic rings. The number of benzene rings is 2. The number of H-pyrrole nitrogens is 1. The summed E-state index contributed by atoms with van der Waals surface area (Å²) in [5.41, 5.74) is 5.17. The molecule has 290 valence electrons. The van der Waals surface area contributed by atoms with Crippen LogP contribution in [-0.2, 0) is 22.7 Å². The van der Waals surface area contributed by atoms with Gasteiger partial charge in [-0.05, 0) is 78.8 Å². The van der Waals surface area contributed by atoms with Crippen LogP contribution in [0.2, 0.25) is 0 Å². The molecular formula is C42H56N6O6. The Morgan fingerprint density at radius 2 is 1.96 bits per heavy atom. The van der Waals surface area contributed by atoms with Gasteiger partial charge >= 0.3 is 0 Å². The number of methoxy groups -OCH3 is 1. The summed E-state index contributed by atoms with van der Waals surface area (Å²) in [5.74, 6) is 1.42. The molecule has 0 spiro atoms. The van der Waals surface area contributed by atoms with Crippen LogP contribution in [0.5, 0.6) is 5.75 Å². The summed E-state index contributed by atoms with van der Waals surface area (Å²) in [6, 6.07) is 10.6. The van der Waals surface area contributed by atoms with Crippen LogP contribution in [0.4, 0.5) is 5.69 Å². The summed E-state index contributed by atoms with van der Waals surface area (Å²) in [6.45, 7) is 16.1. The SMILES string of the molecule is C=Cc1nc(CNC(=O)c2cc(-c3cccc(CN4O[C@@H](CO)[C@H]([C@H](C)O)[C@H]4C(=O)N[C@H]4C[C@H]5C[C@@H]([C@@H]4C)C5(C)C)c3OC)cc(N(C)C)c2)[nH]c1C=C. The molecule has 8 atom stereocenters. The molecular weight excluding hydrogens is 684 g/mol. The number of fused-ring (bicyclic) bond motifs is 2. The Balaban J connectivity index is 1.27. The Kier molecular flexibility index (Phi) is 11.4. The Hall–Kier alpha value is -4.49. The van der Waals surface area contributed by atoms with Crippen LogP contribution < -0.4 is 20.3 Å². The molecule has 3 saturated carbocycles. The molecule has 2 aromatic carbocycles. The predicted octanol–water partition coefficient (Wildman–Crippen LogP) is 5.03. The smallest absolute Gasteiger partial charge is 0.251 e. The van der Waals surface area contributed by atoms with Crippen molar-refractivity contribution in [3.05, 3.63) is 77.9 Å². The normalized spacial score (nSPS) is 26.4. The van der Waals surface area contributed by atoms with Crippen molar-refractivity contribution in [1.29, 1.82) is 0 Å². The van der Waals surface area contributed by atoms with Crippen molar-refractivity contribution in [2.24, 2.45) is 29.1 Å². The lowest BCUT2D eigenvalue weighted by molar-refractivity contribution is -0.183. The van der Waals surface area contributed by atoms with Crippen molar-refractivity contribution in [2.75, 3.05) is 32.7 Å². The number of anilines is 1. The van der Waals surface area contributed by atoms with Gasteiger partial charge in [-0.2, -0.15) is 5.06 Å². The number of aromatic amines is 1. The zero-order valence-electron chi connectivity index (χ0n) is 32.6. The Morgan fingerprint density at radius 1 is 1.20 bits per heavy atom. The van der Waals surface area contributed by atoms with E-state index in [2.05, 4.69) is 54.5 Å². The molecule has 54 heavy (non-hydrogen) atoms. The van der Waals surface area contributed by atoms with Gasteiger partial charge in [0.15, 0.2) is 0 Å². The van der Waals surface area contributed by atoms with Crippen molar-refractivity contribution in [3.8, 4) is 16.9 Å². The highest BCUT2D eigenvalue weighted by Gasteiger charge is 2.57. The lowest BCUT2D eigenvalue weighted by Gasteiger charge is -2.62. The van der Waals surface area contributed by atoms with Crippen LogP contribution in [0.1, 0.15) is 73.7 Å². The van der Waals surface area contributed by atoms with Gasteiger partial charge in [0, 0.05) is 48.4 Å². The quantitative estimate of drug-likeness (QED) is 0.153. The van der Waals surface area contributed by atoms with Crippen LogP contribution in [0.15, 0.2) is 49.6 Å². The first-order valence-electron chi connectivity index (χ1n) is 18.9. The number of nitrogens with one attached hydrogen (secondary N) is 3. The second-order valence-electron chi connectivity index (χ2n) is 16.0. The lowest BCUT2D eigenvalue weighted by Crippen LogP contribution is -2.62.